The van der Waals surface area contributed by atoms with Crippen LogP contribution in [-0.4, -0.2) is 58.9 Å². The highest BCUT2D eigenvalue weighted by atomic mass is 16.6. The maximum Gasteiger partial charge on any atom is 0.305 e. The summed E-state index contributed by atoms with van der Waals surface area (Å²) in [5.74, 6) is -0.343. The van der Waals surface area contributed by atoms with Crippen LogP contribution in [0.5, 0.6) is 0 Å². The van der Waals surface area contributed by atoms with Gasteiger partial charge in [-0.2, -0.15) is 0 Å². The van der Waals surface area contributed by atoms with Gasteiger partial charge in [-0.3, -0.25) is 4.79 Å². The molecule has 3 N–H and O–H groups in total. The smallest absolute Gasteiger partial charge is 0.305 e. The van der Waals surface area contributed by atoms with Crippen molar-refractivity contribution in [3.63, 3.8) is 0 Å². The first-order chi connectivity index (χ1) is 11.6. The molecular formula is C18H34O6. The van der Waals surface area contributed by atoms with Gasteiger partial charge in [0.2, 0.25) is 0 Å². The van der Waals surface area contributed by atoms with E-state index < -0.39 is 24.4 Å². The van der Waals surface area contributed by atoms with E-state index in [1.165, 1.54) is 38.5 Å². The molecule has 1 fully saturated rings. The van der Waals surface area contributed by atoms with Crippen molar-refractivity contribution in [2.24, 2.45) is 0 Å². The fourth-order valence-electron chi connectivity index (χ4n) is 2.89. The van der Waals surface area contributed by atoms with Gasteiger partial charge in [0.15, 0.2) is 0 Å². The molecule has 0 aromatic carbocycles. The van der Waals surface area contributed by atoms with E-state index in [2.05, 4.69) is 6.92 Å². The average Bonchev–Trinajstić information content (AvgIpc) is 2.90. The fourth-order valence-corrected chi connectivity index (χ4v) is 2.89. The number of ether oxygens (including phenoxy) is 2. The Labute approximate surface area is 145 Å². The second kappa shape index (κ2) is 12.6. The van der Waals surface area contributed by atoms with Crippen molar-refractivity contribution in [2.45, 2.75) is 95.5 Å². The van der Waals surface area contributed by atoms with E-state index in [1.807, 2.05) is 0 Å². The quantitative estimate of drug-likeness (QED) is 0.348. The predicted octanol–water partition coefficient (Wildman–Crippen LogP) is 1.93. The van der Waals surface area contributed by atoms with Crippen LogP contribution in [0, 0.1) is 0 Å². The third-order valence-electron chi connectivity index (χ3n) is 4.47. The van der Waals surface area contributed by atoms with Crippen LogP contribution in [0.4, 0.5) is 0 Å². The van der Waals surface area contributed by atoms with Crippen molar-refractivity contribution in [1.29, 1.82) is 0 Å². The number of carbonyl (C=O) groups is 1. The van der Waals surface area contributed by atoms with Gasteiger partial charge in [0.1, 0.15) is 31.0 Å². The van der Waals surface area contributed by atoms with E-state index in [4.69, 9.17) is 9.47 Å². The van der Waals surface area contributed by atoms with Crippen molar-refractivity contribution < 1.29 is 29.6 Å². The molecule has 0 radical (unpaired) electrons. The van der Waals surface area contributed by atoms with Crippen molar-refractivity contribution in [1.82, 2.24) is 0 Å². The molecule has 0 unspecified atom stereocenters. The van der Waals surface area contributed by atoms with Gasteiger partial charge in [-0.15, -0.1) is 0 Å². The summed E-state index contributed by atoms with van der Waals surface area (Å²) in [6.45, 7) is 1.98. The molecule has 1 aliphatic heterocycles. The number of rotatable bonds is 13. The standard InChI is InChI=1S/C18H34O6/c1-2-3-4-5-6-7-8-9-10-11-16(21)23-13-15(20)18-17(22)14(19)12-24-18/h14-15,17-20,22H,2-13H2,1H3/t14-,15-,17+,18+/m0/s1. The van der Waals surface area contributed by atoms with E-state index in [9.17, 15) is 20.1 Å². The van der Waals surface area contributed by atoms with Gasteiger partial charge in [-0.05, 0) is 6.42 Å². The number of unbranched alkanes of at least 4 members (excludes halogenated alkanes) is 8. The maximum atomic E-state index is 11.6. The topological polar surface area (TPSA) is 96.2 Å². The van der Waals surface area contributed by atoms with Crippen molar-refractivity contribution in [3.05, 3.63) is 0 Å². The summed E-state index contributed by atoms with van der Waals surface area (Å²) in [6, 6.07) is 0. The number of hydrogen-bond donors (Lipinski definition) is 3. The van der Waals surface area contributed by atoms with Crippen LogP contribution in [0.25, 0.3) is 0 Å². The molecule has 4 atom stereocenters. The first-order valence-corrected chi connectivity index (χ1v) is 9.37. The molecular weight excluding hydrogens is 312 g/mol. The highest BCUT2D eigenvalue weighted by molar-refractivity contribution is 5.69. The lowest BCUT2D eigenvalue weighted by Gasteiger charge is -2.20. The predicted molar refractivity (Wildman–Crippen MR) is 90.6 cm³/mol. The molecule has 0 saturated carbocycles. The zero-order valence-electron chi connectivity index (χ0n) is 14.9. The molecule has 0 aliphatic carbocycles. The van der Waals surface area contributed by atoms with Gasteiger partial charge in [-0.25, -0.2) is 0 Å². The van der Waals surface area contributed by atoms with Gasteiger partial charge in [0.05, 0.1) is 6.61 Å². The minimum absolute atomic E-state index is 0.0186. The Balaban J connectivity index is 1.96. The fraction of sp³-hybridized carbons (Fsp3) is 0.944. The summed E-state index contributed by atoms with van der Waals surface area (Å²) in [4.78, 5) is 11.6. The summed E-state index contributed by atoms with van der Waals surface area (Å²) in [5.41, 5.74) is 0. The number of aliphatic hydroxyl groups is 3. The Morgan fingerprint density at radius 2 is 1.67 bits per heavy atom. The zero-order valence-corrected chi connectivity index (χ0v) is 14.9. The molecule has 142 valence electrons. The van der Waals surface area contributed by atoms with Crippen LogP contribution in [0.1, 0.15) is 71.1 Å². The highest BCUT2D eigenvalue weighted by Crippen LogP contribution is 2.18. The third-order valence-corrected chi connectivity index (χ3v) is 4.47. The van der Waals surface area contributed by atoms with E-state index in [0.29, 0.717) is 6.42 Å². The van der Waals surface area contributed by atoms with Gasteiger partial charge in [-0.1, -0.05) is 58.3 Å². The Hall–Kier alpha value is -0.690. The van der Waals surface area contributed by atoms with Gasteiger partial charge >= 0.3 is 5.97 Å². The molecule has 0 amide bonds. The van der Waals surface area contributed by atoms with Gasteiger partial charge < -0.3 is 24.8 Å². The van der Waals surface area contributed by atoms with E-state index >= 15 is 0 Å². The van der Waals surface area contributed by atoms with Crippen LogP contribution in [0.15, 0.2) is 0 Å². The third kappa shape index (κ3) is 8.42. The second-order valence-corrected chi connectivity index (χ2v) is 6.68. The molecule has 0 bridgehead atoms. The summed E-state index contributed by atoms with van der Waals surface area (Å²) >= 11 is 0. The largest absolute Gasteiger partial charge is 0.463 e. The van der Waals surface area contributed by atoms with Crippen LogP contribution >= 0.6 is 0 Å². The Morgan fingerprint density at radius 3 is 2.21 bits per heavy atom. The first-order valence-electron chi connectivity index (χ1n) is 9.37. The molecule has 24 heavy (non-hydrogen) atoms. The lowest BCUT2D eigenvalue weighted by atomic mass is 10.1. The Kier molecular flexibility index (Phi) is 11.2. The van der Waals surface area contributed by atoms with Crippen molar-refractivity contribution >= 4 is 5.97 Å². The van der Waals surface area contributed by atoms with Gasteiger partial charge in [0.25, 0.3) is 0 Å². The summed E-state index contributed by atoms with van der Waals surface area (Å²) in [6.07, 6.45) is 6.84. The highest BCUT2D eigenvalue weighted by Gasteiger charge is 2.39. The molecule has 1 aliphatic rings. The van der Waals surface area contributed by atoms with E-state index in [1.54, 1.807) is 0 Å². The Bertz CT molecular complexity index is 335. The number of hydrogen-bond acceptors (Lipinski definition) is 6. The molecule has 6 heteroatoms. The van der Waals surface area contributed by atoms with Crippen molar-refractivity contribution in [3.8, 4) is 0 Å². The van der Waals surface area contributed by atoms with E-state index in [-0.39, 0.29) is 19.2 Å². The molecule has 6 nitrogen and oxygen atoms in total. The minimum atomic E-state index is -1.14. The van der Waals surface area contributed by atoms with Gasteiger partial charge in [0, 0.05) is 6.42 Å². The second-order valence-electron chi connectivity index (χ2n) is 6.68. The van der Waals surface area contributed by atoms with Crippen LogP contribution in [0.3, 0.4) is 0 Å². The van der Waals surface area contributed by atoms with Crippen LogP contribution < -0.4 is 0 Å². The normalized spacial score (nSPS) is 24.9. The molecule has 0 aromatic rings. The summed E-state index contributed by atoms with van der Waals surface area (Å²) in [5, 5.41) is 28.8. The Morgan fingerprint density at radius 1 is 1.08 bits per heavy atom. The lowest BCUT2D eigenvalue weighted by Crippen LogP contribution is -2.41. The molecule has 1 heterocycles. The molecule has 0 aromatic heterocycles. The first kappa shape index (κ1) is 21.4. The SMILES string of the molecule is CCCCCCCCCCCC(=O)OC[C@H](O)[C@H]1OC[C@H](O)[C@H]1O. The minimum Gasteiger partial charge on any atom is -0.463 e. The average molecular weight is 346 g/mol. The van der Waals surface area contributed by atoms with Crippen LogP contribution in [0.2, 0.25) is 0 Å². The van der Waals surface area contributed by atoms with Crippen molar-refractivity contribution in [2.75, 3.05) is 13.2 Å². The molecule has 1 saturated heterocycles. The molecule has 1 rings (SSSR count). The number of aliphatic hydroxyl groups excluding tert-OH is 3. The number of esters is 1. The summed E-state index contributed by atoms with van der Waals surface area (Å²) < 4.78 is 10.1. The zero-order chi connectivity index (χ0) is 17.8. The van der Waals surface area contributed by atoms with E-state index in [0.717, 1.165) is 19.3 Å². The van der Waals surface area contributed by atoms with Crippen LogP contribution in [-0.2, 0) is 14.3 Å². The maximum absolute atomic E-state index is 11.6. The monoisotopic (exact) mass is 346 g/mol. The lowest BCUT2D eigenvalue weighted by molar-refractivity contribution is -0.151. The number of carbonyl (C=O) groups excluding carboxylic acids is 1. The summed E-state index contributed by atoms with van der Waals surface area (Å²) in [7, 11) is 0. The molecule has 0 spiro atoms.